The lowest BCUT2D eigenvalue weighted by Gasteiger charge is -2.10. The summed E-state index contributed by atoms with van der Waals surface area (Å²) in [6, 6.07) is 5.77. The molecular weight excluding hydrogens is 325 g/mol. The van der Waals surface area contributed by atoms with E-state index in [1.165, 1.54) is 0 Å². The Morgan fingerprint density at radius 1 is 1.33 bits per heavy atom. The molecule has 0 fully saturated rings. The van der Waals surface area contributed by atoms with E-state index in [9.17, 15) is 0 Å². The van der Waals surface area contributed by atoms with Crippen LogP contribution in [0.3, 0.4) is 0 Å². The van der Waals surface area contributed by atoms with E-state index in [-0.39, 0.29) is 5.38 Å². The predicted molar refractivity (Wildman–Crippen MR) is 89.6 cm³/mol. The third-order valence-corrected chi connectivity index (χ3v) is 4.85. The number of alkyl halides is 1. The zero-order chi connectivity index (χ0) is 15.0. The molecule has 3 aromatic rings. The summed E-state index contributed by atoms with van der Waals surface area (Å²) in [6.45, 7) is 4.72. The molecule has 21 heavy (non-hydrogen) atoms. The summed E-state index contributed by atoms with van der Waals surface area (Å²) in [6.07, 6.45) is 0.853. The number of imidazole rings is 1. The standard InChI is InChI=1S/C15H15Cl2N3S/c1-9-8-21-13(18-9)6-7-20-14-11(17)4-3-5-12(14)19-15(20)10(2)16/h3-5,8,10H,6-7H2,1-2H3. The molecule has 0 spiro atoms. The Morgan fingerprint density at radius 2 is 2.14 bits per heavy atom. The first kappa shape index (κ1) is 14.8. The van der Waals surface area contributed by atoms with Crippen LogP contribution in [0.25, 0.3) is 11.0 Å². The molecule has 0 radical (unpaired) electrons. The van der Waals surface area contributed by atoms with Crippen LogP contribution in [0.2, 0.25) is 5.02 Å². The molecule has 3 nitrogen and oxygen atoms in total. The Balaban J connectivity index is 2.00. The van der Waals surface area contributed by atoms with Gasteiger partial charge >= 0.3 is 0 Å². The summed E-state index contributed by atoms with van der Waals surface area (Å²) >= 11 is 14.3. The largest absolute Gasteiger partial charge is 0.325 e. The number of para-hydroxylation sites is 1. The van der Waals surface area contributed by atoms with Crippen LogP contribution in [0.5, 0.6) is 0 Å². The number of halogens is 2. The Kier molecular flexibility index (Phi) is 4.20. The first-order valence-corrected chi connectivity index (χ1v) is 8.45. The van der Waals surface area contributed by atoms with Crippen molar-refractivity contribution in [1.82, 2.24) is 14.5 Å². The summed E-state index contributed by atoms with van der Waals surface area (Å²) in [5.74, 6) is 0.855. The number of hydrogen-bond donors (Lipinski definition) is 0. The molecule has 1 aromatic carbocycles. The van der Waals surface area contributed by atoms with Crippen LogP contribution in [0.15, 0.2) is 23.6 Å². The van der Waals surface area contributed by atoms with Gasteiger partial charge in [0.2, 0.25) is 0 Å². The Morgan fingerprint density at radius 3 is 2.81 bits per heavy atom. The molecule has 1 atom stereocenters. The van der Waals surface area contributed by atoms with Crippen LogP contribution in [-0.4, -0.2) is 14.5 Å². The maximum absolute atomic E-state index is 6.35. The van der Waals surface area contributed by atoms with Crippen molar-refractivity contribution in [3.05, 3.63) is 45.1 Å². The van der Waals surface area contributed by atoms with E-state index in [1.54, 1.807) is 11.3 Å². The van der Waals surface area contributed by atoms with Crippen molar-refractivity contribution in [3.63, 3.8) is 0 Å². The molecule has 0 saturated heterocycles. The number of rotatable bonds is 4. The lowest BCUT2D eigenvalue weighted by molar-refractivity contribution is 0.666. The number of thiazole rings is 1. The van der Waals surface area contributed by atoms with Crippen LogP contribution in [0.4, 0.5) is 0 Å². The van der Waals surface area contributed by atoms with Crippen LogP contribution in [-0.2, 0) is 13.0 Å². The lowest BCUT2D eigenvalue weighted by Crippen LogP contribution is -2.07. The van der Waals surface area contributed by atoms with Crippen molar-refractivity contribution in [1.29, 1.82) is 0 Å². The molecule has 110 valence electrons. The predicted octanol–water partition coefficient (Wildman–Crippen LogP) is 5.00. The van der Waals surface area contributed by atoms with Gasteiger partial charge < -0.3 is 4.57 Å². The van der Waals surface area contributed by atoms with Gasteiger partial charge in [0.1, 0.15) is 5.82 Å². The van der Waals surface area contributed by atoms with Gasteiger partial charge in [-0.3, -0.25) is 0 Å². The maximum Gasteiger partial charge on any atom is 0.127 e. The average Bonchev–Trinajstić information content (AvgIpc) is 3.01. The summed E-state index contributed by atoms with van der Waals surface area (Å²) in [7, 11) is 0. The number of aryl methyl sites for hydroxylation is 3. The molecule has 0 N–H and O–H groups in total. The van der Waals surface area contributed by atoms with E-state index >= 15 is 0 Å². The smallest absolute Gasteiger partial charge is 0.127 e. The molecule has 0 saturated carbocycles. The molecule has 0 aliphatic carbocycles. The van der Waals surface area contributed by atoms with Crippen LogP contribution in [0, 0.1) is 6.92 Å². The number of nitrogens with zero attached hydrogens (tertiary/aromatic N) is 3. The fraction of sp³-hybridized carbons (Fsp3) is 0.333. The van der Waals surface area contributed by atoms with Gasteiger partial charge in [-0.2, -0.15) is 0 Å². The van der Waals surface area contributed by atoms with Crippen LogP contribution >= 0.6 is 34.5 Å². The van der Waals surface area contributed by atoms with E-state index in [0.29, 0.717) is 5.02 Å². The molecule has 3 rings (SSSR count). The average molecular weight is 340 g/mol. The van der Waals surface area contributed by atoms with Gasteiger partial charge in [-0.25, -0.2) is 9.97 Å². The van der Waals surface area contributed by atoms with Crippen molar-refractivity contribution in [2.45, 2.75) is 32.2 Å². The van der Waals surface area contributed by atoms with Gasteiger partial charge in [0, 0.05) is 24.0 Å². The Bertz CT molecular complexity index is 776. The Labute approximate surface area is 137 Å². The van der Waals surface area contributed by atoms with Crippen molar-refractivity contribution in [2.24, 2.45) is 0 Å². The summed E-state index contributed by atoms with van der Waals surface area (Å²) < 4.78 is 2.12. The molecule has 2 aromatic heterocycles. The van der Waals surface area contributed by atoms with Gasteiger partial charge in [-0.1, -0.05) is 17.7 Å². The fourth-order valence-electron chi connectivity index (χ4n) is 2.41. The fourth-order valence-corrected chi connectivity index (χ4v) is 3.62. The molecule has 0 aliphatic rings. The van der Waals surface area contributed by atoms with Gasteiger partial charge in [-0.05, 0) is 26.0 Å². The van der Waals surface area contributed by atoms with Crippen LogP contribution < -0.4 is 0 Å². The van der Waals surface area contributed by atoms with E-state index in [4.69, 9.17) is 23.2 Å². The molecule has 1 unspecified atom stereocenters. The van der Waals surface area contributed by atoms with Crippen molar-refractivity contribution in [2.75, 3.05) is 0 Å². The van der Waals surface area contributed by atoms with Crippen LogP contribution in [0.1, 0.15) is 28.8 Å². The highest BCUT2D eigenvalue weighted by Crippen LogP contribution is 2.29. The zero-order valence-corrected chi connectivity index (χ0v) is 14.1. The van der Waals surface area contributed by atoms with E-state index in [2.05, 4.69) is 19.9 Å². The van der Waals surface area contributed by atoms with Gasteiger partial charge in [0.25, 0.3) is 0 Å². The number of aromatic nitrogens is 3. The Hall–Kier alpha value is -1.10. The molecule has 0 aliphatic heterocycles. The second kappa shape index (κ2) is 5.95. The summed E-state index contributed by atoms with van der Waals surface area (Å²) in [4.78, 5) is 9.13. The first-order chi connectivity index (χ1) is 10.1. The first-order valence-electron chi connectivity index (χ1n) is 6.76. The minimum Gasteiger partial charge on any atom is -0.325 e. The lowest BCUT2D eigenvalue weighted by atomic mass is 10.3. The maximum atomic E-state index is 6.35. The van der Waals surface area contributed by atoms with Crippen molar-refractivity contribution in [3.8, 4) is 0 Å². The van der Waals surface area contributed by atoms with E-state index < -0.39 is 0 Å². The molecular formula is C15H15Cl2N3S. The number of fused-ring (bicyclic) bond motifs is 1. The SMILES string of the molecule is Cc1csc(CCn2c(C(C)Cl)nc3cccc(Cl)c32)n1. The van der Waals surface area contributed by atoms with Gasteiger partial charge in [0.05, 0.1) is 26.4 Å². The third kappa shape index (κ3) is 2.93. The molecule has 2 heterocycles. The summed E-state index contributed by atoms with van der Waals surface area (Å²) in [5, 5.41) is 3.74. The highest BCUT2D eigenvalue weighted by atomic mass is 35.5. The van der Waals surface area contributed by atoms with Gasteiger partial charge in [0.15, 0.2) is 0 Å². The normalized spacial score (nSPS) is 13.0. The highest BCUT2D eigenvalue weighted by molar-refractivity contribution is 7.09. The van der Waals surface area contributed by atoms with E-state index in [1.807, 2.05) is 32.0 Å². The molecule has 6 heteroatoms. The monoisotopic (exact) mass is 339 g/mol. The molecule has 0 bridgehead atoms. The topological polar surface area (TPSA) is 30.7 Å². The van der Waals surface area contributed by atoms with Crippen molar-refractivity contribution >= 4 is 45.6 Å². The molecule has 0 amide bonds. The van der Waals surface area contributed by atoms with Crippen molar-refractivity contribution < 1.29 is 0 Å². The number of benzene rings is 1. The van der Waals surface area contributed by atoms with E-state index in [0.717, 1.165) is 40.5 Å². The van der Waals surface area contributed by atoms with Gasteiger partial charge in [-0.15, -0.1) is 22.9 Å². The minimum atomic E-state index is -0.161. The zero-order valence-electron chi connectivity index (χ0n) is 11.8. The third-order valence-electron chi connectivity index (χ3n) is 3.32. The summed E-state index contributed by atoms with van der Waals surface area (Å²) in [5.41, 5.74) is 2.91. The number of hydrogen-bond acceptors (Lipinski definition) is 3. The quantitative estimate of drug-likeness (QED) is 0.626. The minimum absolute atomic E-state index is 0.161. The highest BCUT2D eigenvalue weighted by Gasteiger charge is 2.17. The second-order valence-electron chi connectivity index (χ2n) is 4.98. The second-order valence-corrected chi connectivity index (χ2v) is 6.98.